The number of methoxy groups -OCH3 is 1. The van der Waals surface area contributed by atoms with Gasteiger partial charge in [-0.05, 0) is 24.0 Å². The Bertz CT molecular complexity index is 544. The molecule has 0 aromatic heterocycles. The van der Waals surface area contributed by atoms with Crippen molar-refractivity contribution in [3.63, 3.8) is 0 Å². The molecule has 5 nitrogen and oxygen atoms in total. The summed E-state index contributed by atoms with van der Waals surface area (Å²) in [6.45, 7) is 5.21. The molecule has 1 amide bonds. The van der Waals surface area contributed by atoms with E-state index in [1.165, 1.54) is 11.3 Å². The maximum atomic E-state index is 11.6. The van der Waals surface area contributed by atoms with Crippen LogP contribution in [0.3, 0.4) is 0 Å². The lowest BCUT2D eigenvalue weighted by molar-refractivity contribution is 0.0997. The van der Waals surface area contributed by atoms with Gasteiger partial charge in [0.05, 0.1) is 12.7 Å². The summed E-state index contributed by atoms with van der Waals surface area (Å²) in [5, 5.41) is 3.45. The molecule has 0 saturated carbocycles. The van der Waals surface area contributed by atoms with Crippen LogP contribution < -0.4 is 20.7 Å². The van der Waals surface area contributed by atoms with E-state index in [-0.39, 0.29) is 0 Å². The number of carbonyl (C=O) groups is 1. The zero-order valence-electron chi connectivity index (χ0n) is 12.0. The highest BCUT2D eigenvalue weighted by Crippen LogP contribution is 2.41. The van der Waals surface area contributed by atoms with Crippen molar-refractivity contribution >= 4 is 11.6 Å². The van der Waals surface area contributed by atoms with Gasteiger partial charge in [0.15, 0.2) is 0 Å². The number of ether oxygens (including phenoxy) is 1. The van der Waals surface area contributed by atoms with E-state index in [2.05, 4.69) is 17.1 Å². The molecule has 1 fully saturated rings. The molecule has 20 heavy (non-hydrogen) atoms. The molecule has 0 spiro atoms. The molecule has 2 heterocycles. The van der Waals surface area contributed by atoms with Gasteiger partial charge in [-0.1, -0.05) is 6.92 Å². The number of carbonyl (C=O) groups excluding carboxylic acids is 1. The van der Waals surface area contributed by atoms with Crippen molar-refractivity contribution in [2.24, 2.45) is 5.73 Å². The number of piperazine rings is 1. The van der Waals surface area contributed by atoms with Crippen LogP contribution in [0.5, 0.6) is 5.75 Å². The van der Waals surface area contributed by atoms with E-state index >= 15 is 0 Å². The lowest BCUT2D eigenvalue weighted by Crippen LogP contribution is -2.53. The van der Waals surface area contributed by atoms with Crippen molar-refractivity contribution in [3.8, 4) is 5.75 Å². The molecule has 2 atom stereocenters. The molecule has 3 N–H and O–H groups in total. The summed E-state index contributed by atoms with van der Waals surface area (Å²) >= 11 is 0. The van der Waals surface area contributed by atoms with Crippen molar-refractivity contribution in [1.29, 1.82) is 0 Å². The predicted octanol–water partition coefficient (Wildman–Crippen LogP) is 1.08. The molecular formula is C15H21N3O2. The molecule has 1 aromatic carbocycles. The van der Waals surface area contributed by atoms with Gasteiger partial charge in [0, 0.05) is 37.4 Å². The van der Waals surface area contributed by atoms with Gasteiger partial charge in [-0.3, -0.25) is 4.79 Å². The number of nitrogens with zero attached hydrogens (tertiary/aromatic N) is 1. The van der Waals surface area contributed by atoms with Gasteiger partial charge in [-0.15, -0.1) is 0 Å². The minimum absolute atomic E-state index is 0.426. The molecule has 0 radical (unpaired) electrons. The smallest absolute Gasteiger partial charge is 0.252 e. The fourth-order valence-corrected chi connectivity index (χ4v) is 3.41. The largest absolute Gasteiger partial charge is 0.496 e. The van der Waals surface area contributed by atoms with E-state index < -0.39 is 5.91 Å². The highest BCUT2D eigenvalue weighted by molar-refractivity contribution is 5.96. The SMILES string of the molecule is COc1cc2c(cc1C(N)=O)C(C)CC1CNCCN21. The molecular weight excluding hydrogens is 254 g/mol. The Morgan fingerprint density at radius 3 is 3.00 bits per heavy atom. The quantitative estimate of drug-likeness (QED) is 0.847. The van der Waals surface area contributed by atoms with Crippen molar-refractivity contribution in [2.75, 3.05) is 31.6 Å². The van der Waals surface area contributed by atoms with Crippen LogP contribution in [-0.4, -0.2) is 38.7 Å². The zero-order chi connectivity index (χ0) is 14.3. The molecule has 3 rings (SSSR count). The lowest BCUT2D eigenvalue weighted by Gasteiger charge is -2.44. The molecule has 0 bridgehead atoms. The average molecular weight is 275 g/mol. The molecule has 5 heteroatoms. The number of nitrogens with one attached hydrogen (secondary N) is 1. The van der Waals surface area contributed by atoms with Crippen molar-refractivity contribution in [3.05, 3.63) is 23.3 Å². The summed E-state index contributed by atoms with van der Waals surface area (Å²) in [5.41, 5.74) is 8.33. The average Bonchev–Trinajstić information content (AvgIpc) is 2.46. The van der Waals surface area contributed by atoms with Crippen molar-refractivity contribution in [1.82, 2.24) is 5.32 Å². The fraction of sp³-hybridized carbons (Fsp3) is 0.533. The topological polar surface area (TPSA) is 67.6 Å². The van der Waals surface area contributed by atoms with Crippen molar-refractivity contribution in [2.45, 2.75) is 25.3 Å². The second kappa shape index (κ2) is 4.98. The van der Waals surface area contributed by atoms with Crippen LogP contribution in [0.15, 0.2) is 12.1 Å². The van der Waals surface area contributed by atoms with Crippen LogP contribution >= 0.6 is 0 Å². The Morgan fingerprint density at radius 2 is 2.30 bits per heavy atom. The molecule has 2 aliphatic heterocycles. The monoisotopic (exact) mass is 275 g/mol. The van der Waals surface area contributed by atoms with Crippen LogP contribution in [0.2, 0.25) is 0 Å². The molecule has 0 aliphatic carbocycles. The number of nitrogens with two attached hydrogens (primary N) is 1. The predicted molar refractivity (Wildman–Crippen MR) is 78.5 cm³/mol. The molecule has 2 unspecified atom stereocenters. The minimum atomic E-state index is -0.431. The van der Waals surface area contributed by atoms with E-state index in [0.29, 0.717) is 23.3 Å². The Hall–Kier alpha value is -1.75. The fourth-order valence-electron chi connectivity index (χ4n) is 3.41. The Kier molecular flexibility index (Phi) is 3.30. The third kappa shape index (κ3) is 2.02. The van der Waals surface area contributed by atoms with Crippen molar-refractivity contribution < 1.29 is 9.53 Å². The van der Waals surface area contributed by atoms with Crippen LogP contribution in [-0.2, 0) is 0 Å². The zero-order valence-corrected chi connectivity index (χ0v) is 12.0. The number of anilines is 1. The van der Waals surface area contributed by atoms with Gasteiger partial charge < -0.3 is 20.7 Å². The standard InChI is InChI=1S/C15H21N3O2/c1-9-5-10-8-17-3-4-18(10)13-7-14(20-2)12(15(16)19)6-11(9)13/h6-7,9-10,17H,3-5,8H2,1-2H3,(H2,16,19). The van der Waals surface area contributed by atoms with Gasteiger partial charge in [-0.25, -0.2) is 0 Å². The second-order valence-electron chi connectivity index (χ2n) is 5.66. The number of fused-ring (bicyclic) bond motifs is 3. The number of primary amides is 1. The summed E-state index contributed by atoms with van der Waals surface area (Å²) in [6, 6.07) is 4.42. The second-order valence-corrected chi connectivity index (χ2v) is 5.66. The molecule has 108 valence electrons. The first-order valence-electron chi connectivity index (χ1n) is 7.11. The maximum Gasteiger partial charge on any atom is 0.252 e. The first-order chi connectivity index (χ1) is 9.61. The summed E-state index contributed by atoms with van der Waals surface area (Å²) in [5.74, 6) is 0.567. The number of hydrogen-bond donors (Lipinski definition) is 2. The Balaban J connectivity index is 2.11. The Morgan fingerprint density at radius 1 is 1.50 bits per heavy atom. The van der Waals surface area contributed by atoms with Crippen LogP contribution in [0.1, 0.15) is 35.2 Å². The van der Waals surface area contributed by atoms with E-state index in [0.717, 1.165) is 26.1 Å². The molecule has 2 aliphatic rings. The first kappa shape index (κ1) is 13.2. The van der Waals surface area contributed by atoms with Gasteiger partial charge in [0.25, 0.3) is 5.91 Å². The van der Waals surface area contributed by atoms with Gasteiger partial charge in [0.1, 0.15) is 5.75 Å². The third-order valence-corrected chi connectivity index (χ3v) is 4.43. The van der Waals surface area contributed by atoms with E-state index in [1.54, 1.807) is 7.11 Å². The maximum absolute atomic E-state index is 11.6. The van der Waals surface area contributed by atoms with Crippen LogP contribution in [0.4, 0.5) is 5.69 Å². The van der Waals surface area contributed by atoms with E-state index in [4.69, 9.17) is 10.5 Å². The van der Waals surface area contributed by atoms with Gasteiger partial charge in [-0.2, -0.15) is 0 Å². The number of benzene rings is 1. The highest BCUT2D eigenvalue weighted by Gasteiger charge is 2.33. The van der Waals surface area contributed by atoms with E-state index in [1.807, 2.05) is 12.1 Å². The molecule has 1 aromatic rings. The summed E-state index contributed by atoms with van der Waals surface area (Å²) in [6.07, 6.45) is 1.10. The van der Waals surface area contributed by atoms with E-state index in [9.17, 15) is 4.79 Å². The summed E-state index contributed by atoms with van der Waals surface area (Å²) < 4.78 is 5.34. The third-order valence-electron chi connectivity index (χ3n) is 4.43. The minimum Gasteiger partial charge on any atom is -0.496 e. The van der Waals surface area contributed by atoms with Gasteiger partial charge in [0.2, 0.25) is 0 Å². The lowest BCUT2D eigenvalue weighted by atomic mass is 9.85. The highest BCUT2D eigenvalue weighted by atomic mass is 16.5. The summed E-state index contributed by atoms with van der Waals surface area (Å²) in [4.78, 5) is 14.0. The number of hydrogen-bond acceptors (Lipinski definition) is 4. The normalized spacial score (nSPS) is 24.8. The Labute approximate surface area is 119 Å². The number of amides is 1. The molecule has 1 saturated heterocycles. The van der Waals surface area contributed by atoms with Crippen LogP contribution in [0, 0.1) is 0 Å². The van der Waals surface area contributed by atoms with Crippen LogP contribution in [0.25, 0.3) is 0 Å². The number of rotatable bonds is 2. The van der Waals surface area contributed by atoms with Gasteiger partial charge >= 0.3 is 0 Å². The summed E-state index contributed by atoms with van der Waals surface area (Å²) in [7, 11) is 1.58. The first-order valence-corrected chi connectivity index (χ1v) is 7.11.